The maximum atomic E-state index is 12.9. The number of hydrogen-bond acceptors (Lipinski definition) is 12. The van der Waals surface area contributed by atoms with Gasteiger partial charge >= 0.3 is 14.1 Å². The number of anilines is 1. The second-order valence-electron chi connectivity index (χ2n) is 10.4. The Morgan fingerprint density at radius 1 is 1.22 bits per heavy atom. The van der Waals surface area contributed by atoms with Gasteiger partial charge < -0.3 is 29.9 Å². The molecule has 0 saturated carbocycles. The molecule has 16 heteroatoms. The Morgan fingerprint density at radius 3 is 2.83 bits per heavy atom. The van der Waals surface area contributed by atoms with E-state index in [-0.39, 0.29) is 42.2 Å². The molecular weight excluding hydrogens is 637 g/mol. The van der Waals surface area contributed by atoms with Crippen molar-refractivity contribution in [2.75, 3.05) is 12.3 Å². The highest BCUT2D eigenvalue weighted by atomic mass is 35.5. The number of nitrogens with zero attached hydrogens (tertiary/aromatic N) is 5. The lowest BCUT2D eigenvalue weighted by Crippen LogP contribution is -2.31. The number of carbonyl (C=O) groups excluding carboxylic acids is 1. The summed E-state index contributed by atoms with van der Waals surface area (Å²) in [5.74, 6) is 0.0208. The first-order valence-corrected chi connectivity index (χ1v) is 15.7. The van der Waals surface area contributed by atoms with Crippen molar-refractivity contribution in [3.8, 4) is 11.5 Å². The first-order valence-electron chi connectivity index (χ1n) is 14.2. The van der Waals surface area contributed by atoms with Gasteiger partial charge in [0.25, 0.3) is 0 Å². The van der Waals surface area contributed by atoms with Crippen molar-refractivity contribution >= 4 is 53.5 Å². The molecule has 1 fully saturated rings. The number of hydrogen-bond donors (Lipinski definition) is 3. The van der Waals surface area contributed by atoms with Crippen LogP contribution < -0.4 is 25.3 Å². The summed E-state index contributed by atoms with van der Waals surface area (Å²) in [7, 11) is -2.69. The number of aliphatic hydroxyl groups excluding tert-OH is 1. The van der Waals surface area contributed by atoms with Gasteiger partial charge in [0.05, 0.1) is 6.10 Å². The molecule has 5 atom stereocenters. The van der Waals surface area contributed by atoms with Crippen LogP contribution in [0.25, 0.3) is 21.9 Å². The minimum absolute atomic E-state index is 0.0792. The molecule has 0 amide bonds. The van der Waals surface area contributed by atoms with E-state index < -0.39 is 38.6 Å². The molecule has 238 valence electrons. The Balaban J connectivity index is 1.13. The van der Waals surface area contributed by atoms with Crippen LogP contribution in [0.2, 0.25) is 5.28 Å². The summed E-state index contributed by atoms with van der Waals surface area (Å²) < 4.78 is 24.8. The molecule has 0 radical (unpaired) electrons. The topological polar surface area (TPSA) is 191 Å². The van der Waals surface area contributed by atoms with E-state index in [4.69, 9.17) is 36.1 Å². The highest BCUT2D eigenvalue weighted by molar-refractivity contribution is 7.34. The summed E-state index contributed by atoms with van der Waals surface area (Å²) >= 11 is 6.37. The lowest BCUT2D eigenvalue weighted by atomic mass is 10.1. The van der Waals surface area contributed by atoms with E-state index in [1.54, 1.807) is 22.8 Å². The maximum Gasteiger partial charge on any atom is 0.412 e. The van der Waals surface area contributed by atoms with Gasteiger partial charge in [-0.15, -0.1) is 0 Å². The summed E-state index contributed by atoms with van der Waals surface area (Å²) in [4.78, 5) is 41.6. The minimum Gasteiger partial charge on any atom is -0.574 e. The summed E-state index contributed by atoms with van der Waals surface area (Å²) in [6.07, 6.45) is -0.887. The predicted octanol–water partition coefficient (Wildman–Crippen LogP) is 3.81. The second-order valence-corrected chi connectivity index (χ2v) is 11.6. The first-order chi connectivity index (χ1) is 22.3. The highest BCUT2D eigenvalue weighted by Crippen LogP contribution is 2.41. The molecular formula is C30H29ClN7O7P. The lowest BCUT2D eigenvalue weighted by Gasteiger charge is -2.18. The molecule has 0 aliphatic carbocycles. The van der Waals surface area contributed by atoms with Gasteiger partial charge in [0.15, 0.2) is 22.7 Å². The van der Waals surface area contributed by atoms with Crippen molar-refractivity contribution < 1.29 is 33.5 Å². The SMILES string of the molecule is C[C@H](N/N=[P+](/[O-])Oc1c(OC[C@@H]2O[C@H](n3c(Cl)nc4c(N)ncnc43)C[C@@H]2O)ccc2ccccc12)C(=O)OCc1ccccc1. The summed E-state index contributed by atoms with van der Waals surface area (Å²) in [5, 5.41) is 12.3. The standard InChI is InChI=1S/C30H29ClN7O7P/c1-17(29(40)43-14-18-7-3-2-4-8-18)36-37-46(41)45-26-20-10-6-5-9-19(20)11-12-22(26)42-15-23-21(39)13-24(44-23)38-28-25(35-30(38)31)27(32)33-16-34-28/h2-12,16-17,21,23-24,36,39H,13-15H2,1H3,(H2,32,33,34)/t17-,21-,23-,24-/m0/s1. The van der Waals surface area contributed by atoms with Crippen molar-refractivity contribution in [2.45, 2.75) is 44.4 Å². The van der Waals surface area contributed by atoms with Gasteiger partial charge in [-0.1, -0.05) is 60.7 Å². The Labute approximate surface area is 268 Å². The van der Waals surface area contributed by atoms with Crippen molar-refractivity contribution in [3.63, 3.8) is 0 Å². The van der Waals surface area contributed by atoms with E-state index in [0.717, 1.165) is 10.9 Å². The van der Waals surface area contributed by atoms with Crippen LogP contribution in [0.15, 0.2) is 77.9 Å². The lowest BCUT2D eigenvalue weighted by molar-refractivity contribution is -0.169. The molecule has 5 aromatic rings. The molecule has 4 N–H and O–H groups in total. The fourth-order valence-electron chi connectivity index (χ4n) is 4.92. The quantitative estimate of drug-likeness (QED) is 0.0801. The van der Waals surface area contributed by atoms with Crippen LogP contribution in [-0.4, -0.2) is 55.5 Å². The number of benzene rings is 3. The fourth-order valence-corrected chi connectivity index (χ4v) is 5.85. The molecule has 1 aliphatic heterocycles. The van der Waals surface area contributed by atoms with E-state index in [1.165, 1.54) is 13.3 Å². The number of nitrogens with two attached hydrogens (primary N) is 1. The fraction of sp³-hybridized carbons (Fsp3) is 0.267. The normalized spacial score (nSPS) is 19.0. The number of rotatable bonds is 11. The Morgan fingerprint density at radius 2 is 2.00 bits per heavy atom. The largest absolute Gasteiger partial charge is 0.574 e. The highest BCUT2D eigenvalue weighted by Gasteiger charge is 2.38. The molecule has 6 rings (SSSR count). The number of nitrogen functional groups attached to an aromatic ring is 1. The third-order valence-electron chi connectivity index (χ3n) is 7.28. The van der Waals surface area contributed by atoms with Gasteiger partial charge in [-0.2, -0.15) is 5.43 Å². The number of nitrogens with one attached hydrogen (secondary N) is 1. The maximum absolute atomic E-state index is 12.9. The van der Waals surface area contributed by atoms with E-state index in [9.17, 15) is 14.8 Å². The van der Waals surface area contributed by atoms with Crippen LogP contribution in [0.5, 0.6) is 11.5 Å². The second kappa shape index (κ2) is 13.9. The van der Waals surface area contributed by atoms with Crippen LogP contribution in [0.1, 0.15) is 25.1 Å². The first kappa shape index (κ1) is 31.5. The number of fused-ring (bicyclic) bond motifs is 2. The third-order valence-corrected chi connectivity index (χ3v) is 8.17. The summed E-state index contributed by atoms with van der Waals surface area (Å²) in [6, 6.07) is 19.1. The zero-order valence-electron chi connectivity index (χ0n) is 24.4. The van der Waals surface area contributed by atoms with Crippen LogP contribution in [-0.2, 0) is 20.9 Å². The average molecular weight is 666 g/mol. The van der Waals surface area contributed by atoms with Gasteiger partial charge in [0, 0.05) is 16.7 Å². The number of aliphatic hydroxyl groups is 1. The number of carbonyl (C=O) groups is 1. The van der Waals surface area contributed by atoms with Crippen LogP contribution in [0.4, 0.5) is 5.82 Å². The Hall–Kier alpha value is -4.43. The van der Waals surface area contributed by atoms with Crippen molar-refractivity contribution in [2.24, 2.45) is 4.85 Å². The van der Waals surface area contributed by atoms with Crippen molar-refractivity contribution in [1.29, 1.82) is 0 Å². The number of aromatic nitrogens is 4. The van der Waals surface area contributed by atoms with Gasteiger partial charge in [-0.05, 0) is 35.5 Å². The molecule has 14 nitrogen and oxygen atoms in total. The Bertz CT molecular complexity index is 1890. The number of imidazole rings is 1. The van der Waals surface area contributed by atoms with Crippen LogP contribution in [0.3, 0.4) is 0 Å². The molecule has 0 bridgehead atoms. The average Bonchev–Trinajstić information content (AvgIpc) is 3.61. The van der Waals surface area contributed by atoms with Gasteiger partial charge in [0.1, 0.15) is 37.9 Å². The summed E-state index contributed by atoms with van der Waals surface area (Å²) in [5.41, 5.74) is 9.99. The third kappa shape index (κ3) is 6.87. The number of ether oxygens (including phenoxy) is 3. The molecule has 3 heterocycles. The minimum atomic E-state index is -2.69. The number of esters is 1. The van der Waals surface area contributed by atoms with E-state index in [1.807, 2.05) is 48.5 Å². The van der Waals surface area contributed by atoms with Crippen molar-refractivity contribution in [1.82, 2.24) is 24.9 Å². The van der Waals surface area contributed by atoms with Gasteiger partial charge in [-0.25, -0.2) is 15.0 Å². The van der Waals surface area contributed by atoms with E-state index in [2.05, 4.69) is 25.2 Å². The molecule has 3 aromatic carbocycles. The molecule has 1 unspecified atom stereocenters. The monoisotopic (exact) mass is 665 g/mol. The van der Waals surface area contributed by atoms with Crippen LogP contribution in [0, 0.1) is 0 Å². The van der Waals surface area contributed by atoms with Crippen LogP contribution >= 0.6 is 19.8 Å². The van der Waals surface area contributed by atoms with Crippen molar-refractivity contribution in [3.05, 3.63) is 83.9 Å². The molecule has 46 heavy (non-hydrogen) atoms. The van der Waals surface area contributed by atoms with Gasteiger partial charge in [0.2, 0.25) is 11.0 Å². The molecule has 2 aromatic heterocycles. The predicted molar refractivity (Wildman–Crippen MR) is 168 cm³/mol. The summed E-state index contributed by atoms with van der Waals surface area (Å²) in [6.45, 7) is 1.55. The smallest absolute Gasteiger partial charge is 0.412 e. The van der Waals surface area contributed by atoms with E-state index >= 15 is 0 Å². The number of halogens is 1. The molecule has 1 saturated heterocycles. The molecule has 1 aliphatic rings. The van der Waals surface area contributed by atoms with Gasteiger partial charge in [-0.3, -0.25) is 13.9 Å². The zero-order chi connectivity index (χ0) is 32.2. The zero-order valence-corrected chi connectivity index (χ0v) is 26.0. The molecule has 0 spiro atoms. The van der Waals surface area contributed by atoms with E-state index in [0.29, 0.717) is 16.6 Å². The Kier molecular flexibility index (Phi) is 9.54.